The second-order valence-corrected chi connectivity index (χ2v) is 13.2. The molecule has 10 aromatic rings. The van der Waals surface area contributed by atoms with E-state index in [2.05, 4.69) is 44.9 Å². The van der Waals surface area contributed by atoms with Gasteiger partial charge in [-0.15, -0.1) is 0 Å². The van der Waals surface area contributed by atoms with Crippen LogP contribution in [0, 0.1) is 11.6 Å². The molecular weight excluding hydrogens is 737 g/mol. The highest BCUT2D eigenvalue weighted by molar-refractivity contribution is 5.84. The van der Waals surface area contributed by atoms with E-state index in [1.54, 1.807) is 80.0 Å². The van der Waals surface area contributed by atoms with E-state index in [0.717, 1.165) is 22.2 Å². The number of hydrogen-bond acceptors (Lipinski definition) is 9. The van der Waals surface area contributed by atoms with Crippen molar-refractivity contribution in [3.63, 3.8) is 0 Å². The van der Waals surface area contributed by atoms with Crippen molar-refractivity contribution in [1.82, 2.24) is 44.9 Å². The molecule has 0 bridgehead atoms. The van der Waals surface area contributed by atoms with E-state index in [-0.39, 0.29) is 17.8 Å². The van der Waals surface area contributed by atoms with E-state index >= 15 is 8.78 Å². The molecule has 0 atom stereocenters. The quantitative estimate of drug-likeness (QED) is 0.147. The Morgan fingerprint density at radius 3 is 1.81 bits per heavy atom. The van der Waals surface area contributed by atoms with Gasteiger partial charge < -0.3 is 19.4 Å². The predicted octanol–water partition coefficient (Wildman–Crippen LogP) is 10.6. The van der Waals surface area contributed by atoms with Gasteiger partial charge in [-0.2, -0.15) is 0 Å². The van der Waals surface area contributed by atoms with Gasteiger partial charge in [-0.3, -0.25) is 0 Å². The van der Waals surface area contributed by atoms with Gasteiger partial charge in [0.05, 0.1) is 23.7 Å². The second kappa shape index (κ2) is 14.5. The number of benzene rings is 5. The number of nitrogens with one attached hydrogen (secondary N) is 2. The molecule has 58 heavy (non-hydrogen) atoms. The number of ether oxygens (including phenoxy) is 2. The number of para-hydroxylation sites is 1. The normalized spacial score (nSPS) is 11.3. The van der Waals surface area contributed by atoms with Crippen molar-refractivity contribution in [2.45, 2.75) is 0 Å². The van der Waals surface area contributed by atoms with Gasteiger partial charge in [0.25, 0.3) is 0 Å². The van der Waals surface area contributed by atoms with Crippen LogP contribution in [0.4, 0.5) is 8.78 Å². The fourth-order valence-electron chi connectivity index (χ4n) is 6.78. The van der Waals surface area contributed by atoms with Crippen LogP contribution in [0.5, 0.6) is 23.5 Å². The SMILES string of the molecule is Fc1cc(-c2ccccc2Oc2ncc(-c3ccc(Oc4ncccn4)c(-c4ccc(-c5cnc6[nH]cnc6c5)c(F)c4)c3)cn2)ccc1-c1ccc2[nH]cnc2c1. The minimum absolute atomic E-state index is 0.0992. The van der Waals surface area contributed by atoms with Crippen LogP contribution >= 0.6 is 0 Å². The van der Waals surface area contributed by atoms with Crippen molar-refractivity contribution in [1.29, 1.82) is 0 Å². The summed E-state index contributed by atoms with van der Waals surface area (Å²) in [5.41, 5.74) is 8.91. The van der Waals surface area contributed by atoms with E-state index in [9.17, 15) is 0 Å². The van der Waals surface area contributed by atoms with E-state index in [1.807, 2.05) is 60.7 Å². The molecule has 5 heterocycles. The molecule has 2 N–H and O–H groups in total. The summed E-state index contributed by atoms with van der Waals surface area (Å²) in [6.07, 6.45) is 11.2. The fraction of sp³-hybridized carbons (Fsp3) is 0. The van der Waals surface area contributed by atoms with Gasteiger partial charge in [-0.05, 0) is 76.9 Å². The first-order chi connectivity index (χ1) is 28.5. The van der Waals surface area contributed by atoms with Crippen LogP contribution in [0.1, 0.15) is 0 Å². The van der Waals surface area contributed by atoms with Crippen LogP contribution in [0.3, 0.4) is 0 Å². The Morgan fingerprint density at radius 2 is 1.02 bits per heavy atom. The zero-order valence-electron chi connectivity index (χ0n) is 30.1. The lowest BCUT2D eigenvalue weighted by Gasteiger charge is -2.14. The lowest BCUT2D eigenvalue weighted by Crippen LogP contribution is -1.96. The summed E-state index contributed by atoms with van der Waals surface area (Å²) in [4.78, 5) is 36.3. The molecule has 0 aliphatic heterocycles. The van der Waals surface area contributed by atoms with Crippen LogP contribution in [-0.4, -0.2) is 44.9 Å². The third kappa shape index (κ3) is 6.62. The first-order valence-electron chi connectivity index (χ1n) is 18.0. The number of hydrogen-bond donors (Lipinski definition) is 2. The summed E-state index contributed by atoms with van der Waals surface area (Å²) in [7, 11) is 0. The Morgan fingerprint density at radius 1 is 0.414 bits per heavy atom. The zero-order chi connectivity index (χ0) is 39.0. The minimum atomic E-state index is -0.447. The average Bonchev–Trinajstić information content (AvgIpc) is 3.94. The number of imidazole rings is 2. The summed E-state index contributed by atoms with van der Waals surface area (Å²) >= 11 is 0. The Kier molecular flexibility index (Phi) is 8.56. The molecule has 0 radical (unpaired) electrons. The second-order valence-electron chi connectivity index (χ2n) is 13.2. The molecule has 0 spiro atoms. The van der Waals surface area contributed by atoms with Gasteiger partial charge in [0.2, 0.25) is 0 Å². The first kappa shape index (κ1) is 34.3. The maximum Gasteiger partial charge on any atom is 0.321 e. The lowest BCUT2D eigenvalue weighted by atomic mass is 9.97. The van der Waals surface area contributed by atoms with Gasteiger partial charge in [-0.1, -0.05) is 54.6 Å². The molecule has 0 saturated carbocycles. The number of fused-ring (bicyclic) bond motifs is 2. The van der Waals surface area contributed by atoms with Gasteiger partial charge >= 0.3 is 12.0 Å². The van der Waals surface area contributed by atoms with Crippen LogP contribution < -0.4 is 9.47 Å². The van der Waals surface area contributed by atoms with Gasteiger partial charge in [0.15, 0.2) is 5.65 Å². The number of halogens is 2. The highest BCUT2D eigenvalue weighted by Gasteiger charge is 2.17. The molecule has 13 heteroatoms. The van der Waals surface area contributed by atoms with E-state index < -0.39 is 5.82 Å². The van der Waals surface area contributed by atoms with Crippen molar-refractivity contribution in [3.8, 4) is 79.2 Å². The summed E-state index contributed by atoms with van der Waals surface area (Å²) in [6.45, 7) is 0. The third-order valence-electron chi connectivity index (χ3n) is 9.65. The van der Waals surface area contributed by atoms with Crippen LogP contribution in [-0.2, 0) is 0 Å². The summed E-state index contributed by atoms with van der Waals surface area (Å²) in [5.74, 6) is 0.0513. The van der Waals surface area contributed by atoms with Crippen LogP contribution in [0.25, 0.3) is 77.8 Å². The number of aromatic amines is 2. The third-order valence-corrected chi connectivity index (χ3v) is 9.65. The Bertz CT molecular complexity index is 3120. The molecule has 0 aliphatic rings. The molecule has 5 aromatic heterocycles. The lowest BCUT2D eigenvalue weighted by molar-refractivity contribution is 0.442. The minimum Gasteiger partial charge on any atom is -0.424 e. The Balaban J connectivity index is 0.933. The number of aromatic nitrogens is 9. The zero-order valence-corrected chi connectivity index (χ0v) is 30.1. The van der Waals surface area contributed by atoms with E-state index in [1.165, 1.54) is 12.1 Å². The molecule has 5 aromatic carbocycles. The summed E-state index contributed by atoms with van der Waals surface area (Å²) in [5, 5.41) is 0. The highest BCUT2D eigenvalue weighted by atomic mass is 19.1. The summed E-state index contributed by atoms with van der Waals surface area (Å²) in [6, 6.07) is 32.1. The molecule has 0 aliphatic carbocycles. The predicted molar refractivity (Wildman–Crippen MR) is 215 cm³/mol. The molecule has 11 nitrogen and oxygen atoms in total. The molecular formula is C45H27F2N9O2. The van der Waals surface area contributed by atoms with E-state index in [4.69, 9.17) is 9.47 Å². The Hall–Kier alpha value is -8.19. The number of rotatable bonds is 9. The van der Waals surface area contributed by atoms with Crippen molar-refractivity contribution < 1.29 is 18.3 Å². The van der Waals surface area contributed by atoms with Crippen molar-refractivity contribution >= 4 is 22.2 Å². The smallest absolute Gasteiger partial charge is 0.321 e. The number of pyridine rings is 1. The standard InChI is InChI=1S/C45H27F2N9O2/c46-36-17-27(6-10-32(36)29-8-12-38-39(19-29)54-24-53-38)34-4-1-2-5-41(34)57-45-51-22-31(23-52-45)26-9-13-42(58-44-48-14-3-15-49-44)35(16-26)28-7-11-33(37(47)18-28)30-20-40-43(50-21-30)56-25-55-40/h1-25H,(H,53,54)(H,50,55,56). The molecule has 0 fully saturated rings. The molecule has 0 saturated heterocycles. The molecule has 0 unspecified atom stereocenters. The van der Waals surface area contributed by atoms with Gasteiger partial charge in [-0.25, -0.2) is 43.7 Å². The topological polar surface area (TPSA) is 140 Å². The van der Waals surface area contributed by atoms with Crippen molar-refractivity contribution in [2.75, 3.05) is 0 Å². The maximum absolute atomic E-state index is 15.9. The van der Waals surface area contributed by atoms with Crippen LogP contribution in [0.2, 0.25) is 0 Å². The molecule has 278 valence electrons. The Labute approximate surface area is 328 Å². The highest BCUT2D eigenvalue weighted by Crippen LogP contribution is 2.39. The first-order valence-corrected chi connectivity index (χ1v) is 18.0. The van der Waals surface area contributed by atoms with Gasteiger partial charge in [0.1, 0.15) is 28.7 Å². The number of nitrogens with zero attached hydrogens (tertiary/aromatic N) is 7. The molecule has 10 rings (SSSR count). The monoisotopic (exact) mass is 763 g/mol. The maximum atomic E-state index is 15.9. The van der Waals surface area contributed by atoms with Crippen LogP contribution in [0.15, 0.2) is 153 Å². The van der Waals surface area contributed by atoms with E-state index in [0.29, 0.717) is 67.2 Å². The average molecular weight is 764 g/mol. The van der Waals surface area contributed by atoms with Crippen molar-refractivity contribution in [2.24, 2.45) is 0 Å². The largest absolute Gasteiger partial charge is 0.424 e. The van der Waals surface area contributed by atoms with Crippen molar-refractivity contribution in [3.05, 3.63) is 164 Å². The fourth-order valence-corrected chi connectivity index (χ4v) is 6.78. The summed E-state index contributed by atoms with van der Waals surface area (Å²) < 4.78 is 43.7. The number of H-pyrrole nitrogens is 2. The molecule has 0 amide bonds. The van der Waals surface area contributed by atoms with Gasteiger partial charge in [0, 0.05) is 64.4 Å².